The zero-order chi connectivity index (χ0) is 9.68. The number of aromatic nitrogens is 2. The van der Waals surface area contributed by atoms with Gasteiger partial charge in [0.25, 0.3) is 0 Å². The molecule has 0 atom stereocenters. The molecule has 1 heterocycles. The van der Waals surface area contributed by atoms with E-state index in [1.807, 2.05) is 18.5 Å². The molecular weight excluding hydrogens is 291 g/mol. The molecule has 0 spiro atoms. The Kier molecular flexibility index (Phi) is 6.78. The predicted molar refractivity (Wildman–Crippen MR) is 51.5 cm³/mol. The van der Waals surface area contributed by atoms with E-state index in [4.69, 9.17) is 0 Å². The number of rotatable bonds is 4. The zero-order valence-corrected chi connectivity index (χ0v) is 10.9. The fourth-order valence-electron chi connectivity index (χ4n) is 1.36. The Morgan fingerprint density at radius 1 is 1.36 bits per heavy atom. The lowest BCUT2D eigenvalue weighted by Crippen LogP contribution is -3.00. The van der Waals surface area contributed by atoms with Crippen LogP contribution in [-0.2, 0) is 13.1 Å². The Balaban J connectivity index is 0.00000169. The van der Waals surface area contributed by atoms with Crippen molar-refractivity contribution >= 4 is 0 Å². The molecule has 0 aliphatic carbocycles. The first-order chi connectivity index (χ1) is 6.29. The van der Waals surface area contributed by atoms with Gasteiger partial charge in [0.15, 0.2) is 0 Å². The minimum absolute atomic E-state index is 0. The number of aryl methyl sites for hydroxylation is 2. The molecule has 0 saturated heterocycles. The Hall–Kier alpha value is -0.390. The summed E-state index contributed by atoms with van der Waals surface area (Å²) in [5.74, 6) is 0. The Bertz CT molecular complexity index is 295. The van der Waals surface area contributed by atoms with Crippen LogP contribution in [0.3, 0.4) is 0 Å². The molecule has 1 aromatic rings. The SMILES string of the molecule is CCCn1ccc[n+](CCC)c1=O.[I-]. The molecular formula is C10H17IN2O. The zero-order valence-electron chi connectivity index (χ0n) is 8.74. The molecule has 14 heavy (non-hydrogen) atoms. The summed E-state index contributed by atoms with van der Waals surface area (Å²) in [4.78, 5) is 11.7. The topological polar surface area (TPSA) is 25.9 Å². The van der Waals surface area contributed by atoms with Crippen molar-refractivity contribution in [3.63, 3.8) is 0 Å². The second-order valence-corrected chi connectivity index (χ2v) is 3.16. The maximum atomic E-state index is 11.7. The molecule has 0 aliphatic rings. The summed E-state index contributed by atoms with van der Waals surface area (Å²) in [7, 11) is 0. The van der Waals surface area contributed by atoms with Gasteiger partial charge in [-0.2, -0.15) is 13.9 Å². The van der Waals surface area contributed by atoms with Crippen molar-refractivity contribution in [2.45, 2.75) is 39.8 Å². The van der Waals surface area contributed by atoms with Crippen LogP contribution in [0.4, 0.5) is 0 Å². The van der Waals surface area contributed by atoms with Crippen LogP contribution in [0.15, 0.2) is 23.3 Å². The van der Waals surface area contributed by atoms with Crippen LogP contribution in [0.5, 0.6) is 0 Å². The first-order valence-electron chi connectivity index (χ1n) is 4.88. The van der Waals surface area contributed by atoms with E-state index < -0.39 is 0 Å². The lowest BCUT2D eigenvalue weighted by atomic mass is 10.4. The lowest BCUT2D eigenvalue weighted by molar-refractivity contribution is -0.715. The predicted octanol–water partition coefficient (Wildman–Crippen LogP) is -2.04. The van der Waals surface area contributed by atoms with Gasteiger partial charge in [0.05, 0.1) is 25.5 Å². The summed E-state index contributed by atoms with van der Waals surface area (Å²) in [5, 5.41) is 0. The van der Waals surface area contributed by atoms with Gasteiger partial charge in [0.2, 0.25) is 0 Å². The van der Waals surface area contributed by atoms with E-state index in [0.29, 0.717) is 0 Å². The summed E-state index contributed by atoms with van der Waals surface area (Å²) in [6, 6.07) is 1.92. The number of hydrogen-bond donors (Lipinski definition) is 0. The Labute approximate surface area is 102 Å². The van der Waals surface area contributed by atoms with Crippen LogP contribution in [0.25, 0.3) is 0 Å². The standard InChI is InChI=1S/C10H17N2O.HI/c1-3-6-11-8-5-9-12(7-4-2)10(11)13;/h5,8-9H,3-4,6-7H2,1-2H3;1H/q+1;/p-1. The van der Waals surface area contributed by atoms with Crippen molar-refractivity contribution in [1.82, 2.24) is 4.57 Å². The Morgan fingerprint density at radius 3 is 2.64 bits per heavy atom. The smallest absolute Gasteiger partial charge is 0.497 e. The maximum Gasteiger partial charge on any atom is 0.497 e. The molecule has 0 aliphatic heterocycles. The molecule has 80 valence electrons. The van der Waals surface area contributed by atoms with E-state index in [1.165, 1.54) is 0 Å². The highest BCUT2D eigenvalue weighted by atomic mass is 127. The monoisotopic (exact) mass is 308 g/mol. The van der Waals surface area contributed by atoms with Crippen molar-refractivity contribution in [3.05, 3.63) is 28.9 Å². The van der Waals surface area contributed by atoms with E-state index in [0.717, 1.165) is 25.9 Å². The largest absolute Gasteiger partial charge is 1.00 e. The average molecular weight is 308 g/mol. The van der Waals surface area contributed by atoms with Crippen LogP contribution < -0.4 is 34.2 Å². The van der Waals surface area contributed by atoms with Crippen molar-refractivity contribution in [2.75, 3.05) is 0 Å². The normalized spacial score (nSPS) is 9.57. The van der Waals surface area contributed by atoms with Crippen LogP contribution in [0, 0.1) is 0 Å². The van der Waals surface area contributed by atoms with Crippen molar-refractivity contribution in [2.24, 2.45) is 0 Å². The highest BCUT2D eigenvalue weighted by molar-refractivity contribution is 4.75. The first-order valence-corrected chi connectivity index (χ1v) is 4.88. The average Bonchev–Trinajstić information content (AvgIpc) is 2.13. The van der Waals surface area contributed by atoms with Crippen molar-refractivity contribution in [1.29, 1.82) is 0 Å². The third-order valence-corrected chi connectivity index (χ3v) is 1.95. The molecule has 0 bridgehead atoms. The van der Waals surface area contributed by atoms with Gasteiger partial charge in [-0.3, -0.25) is 0 Å². The summed E-state index contributed by atoms with van der Waals surface area (Å²) < 4.78 is 3.52. The molecule has 0 aromatic carbocycles. The van der Waals surface area contributed by atoms with Crippen LogP contribution in [-0.4, -0.2) is 4.57 Å². The van der Waals surface area contributed by atoms with E-state index >= 15 is 0 Å². The number of hydrogen-bond acceptors (Lipinski definition) is 1. The lowest BCUT2D eigenvalue weighted by Gasteiger charge is -1.99. The maximum absolute atomic E-state index is 11.7. The molecule has 4 heteroatoms. The second kappa shape index (κ2) is 6.98. The third-order valence-electron chi connectivity index (χ3n) is 1.95. The number of nitrogens with zero attached hydrogens (tertiary/aromatic N) is 2. The fraction of sp³-hybridized carbons (Fsp3) is 0.600. The van der Waals surface area contributed by atoms with Gasteiger partial charge in [0.1, 0.15) is 0 Å². The van der Waals surface area contributed by atoms with E-state index in [2.05, 4.69) is 13.8 Å². The highest BCUT2D eigenvalue weighted by Crippen LogP contribution is 1.83. The van der Waals surface area contributed by atoms with E-state index in [9.17, 15) is 4.79 Å². The fourth-order valence-corrected chi connectivity index (χ4v) is 1.36. The van der Waals surface area contributed by atoms with Crippen molar-refractivity contribution in [3.8, 4) is 0 Å². The minimum atomic E-state index is 0. The number of halogens is 1. The van der Waals surface area contributed by atoms with Gasteiger partial charge in [0, 0.05) is 6.07 Å². The van der Waals surface area contributed by atoms with Gasteiger partial charge in [-0.05, 0) is 12.8 Å². The van der Waals surface area contributed by atoms with Crippen LogP contribution in [0.1, 0.15) is 26.7 Å². The molecule has 1 rings (SSSR count). The molecule has 0 radical (unpaired) electrons. The van der Waals surface area contributed by atoms with Crippen LogP contribution >= 0.6 is 0 Å². The van der Waals surface area contributed by atoms with Gasteiger partial charge >= 0.3 is 5.69 Å². The second-order valence-electron chi connectivity index (χ2n) is 3.16. The summed E-state index contributed by atoms with van der Waals surface area (Å²) in [5.41, 5.74) is 0.103. The minimum Gasteiger partial charge on any atom is -1.00 e. The summed E-state index contributed by atoms with van der Waals surface area (Å²) in [6.45, 7) is 5.76. The Morgan fingerprint density at radius 2 is 2.07 bits per heavy atom. The van der Waals surface area contributed by atoms with Gasteiger partial charge in [-0.15, -0.1) is 0 Å². The summed E-state index contributed by atoms with van der Waals surface area (Å²) >= 11 is 0. The van der Waals surface area contributed by atoms with E-state index in [1.54, 1.807) is 9.13 Å². The molecule has 0 saturated carbocycles. The molecule has 0 fully saturated rings. The molecule has 3 nitrogen and oxygen atoms in total. The van der Waals surface area contributed by atoms with E-state index in [-0.39, 0.29) is 29.7 Å². The molecule has 0 unspecified atom stereocenters. The first kappa shape index (κ1) is 13.6. The molecule has 0 amide bonds. The van der Waals surface area contributed by atoms with Gasteiger partial charge in [-0.1, -0.05) is 13.8 Å². The van der Waals surface area contributed by atoms with Crippen molar-refractivity contribution < 1.29 is 28.5 Å². The highest BCUT2D eigenvalue weighted by Gasteiger charge is 2.06. The van der Waals surface area contributed by atoms with Gasteiger partial charge < -0.3 is 24.0 Å². The molecule has 0 N–H and O–H groups in total. The third kappa shape index (κ3) is 3.40. The summed E-state index contributed by atoms with van der Waals surface area (Å²) in [6.07, 6.45) is 5.68. The quantitative estimate of drug-likeness (QED) is 0.465. The van der Waals surface area contributed by atoms with Gasteiger partial charge in [-0.25, -0.2) is 0 Å². The molecule has 1 aromatic heterocycles. The van der Waals surface area contributed by atoms with Crippen LogP contribution in [0.2, 0.25) is 0 Å².